The Morgan fingerprint density at radius 2 is 0.808 bits per heavy atom. The van der Waals surface area contributed by atoms with Gasteiger partial charge in [-0.3, -0.25) is 19.2 Å². The largest absolute Gasteiger partial charge is 0.481 e. The van der Waals surface area contributed by atoms with Crippen molar-refractivity contribution >= 4 is 23.8 Å². The number of carbonyl (C=O) groups excluding carboxylic acids is 2. The Balaban J connectivity index is 1.11. The van der Waals surface area contributed by atoms with Crippen LogP contribution in [0.1, 0.15) is 36.8 Å². The Kier molecular flexibility index (Phi) is 10.2. The van der Waals surface area contributed by atoms with Gasteiger partial charge in [0.15, 0.2) is 0 Å². The summed E-state index contributed by atoms with van der Waals surface area (Å²) in [5, 5.41) is 20.5. The normalized spacial score (nSPS) is 20.6. The summed E-state index contributed by atoms with van der Waals surface area (Å²) < 4.78 is 11.8. The molecular weight excluding hydrogens is 660 g/mol. The van der Waals surface area contributed by atoms with Gasteiger partial charge in [-0.25, -0.2) is 0 Å². The van der Waals surface area contributed by atoms with Gasteiger partial charge in [-0.1, -0.05) is 60.7 Å². The minimum Gasteiger partial charge on any atom is -0.481 e. The Morgan fingerprint density at radius 1 is 0.481 bits per heavy atom. The standard InChI is InChI=1S/C42H42N2O8/c45-39(43(23-27-11-12-27)25-29-15-19-33(20-16-29)51-31-7-3-1-4-8-31)35-36(38(42(49)50)37(35)41(47)48)40(46)44(24-28-13-14-28)26-30-17-21-34(22-18-30)52-32-9-5-2-6-10-32/h1-10,15-22,27-28,35-38H,11-14,23-26H2,(H,47,48)(H,49,50). The van der Waals surface area contributed by atoms with Crippen molar-refractivity contribution < 1.29 is 38.9 Å². The minimum atomic E-state index is -1.51. The third-order valence-electron chi connectivity index (χ3n) is 10.2. The maximum atomic E-state index is 14.5. The van der Waals surface area contributed by atoms with Crippen LogP contribution in [0, 0.1) is 35.5 Å². The number of hydrogen-bond acceptors (Lipinski definition) is 6. The van der Waals surface area contributed by atoms with E-state index in [-0.39, 0.29) is 24.9 Å². The highest BCUT2D eigenvalue weighted by Crippen LogP contribution is 2.50. The van der Waals surface area contributed by atoms with Gasteiger partial charge in [0.2, 0.25) is 11.8 Å². The molecule has 52 heavy (non-hydrogen) atoms. The average Bonchev–Trinajstić information content (AvgIpc) is 4.07. The van der Waals surface area contributed by atoms with E-state index in [9.17, 15) is 29.4 Å². The van der Waals surface area contributed by atoms with Crippen LogP contribution in [0.3, 0.4) is 0 Å². The Bertz CT molecular complexity index is 1740. The second kappa shape index (κ2) is 15.3. The molecule has 3 aliphatic carbocycles. The second-order valence-corrected chi connectivity index (χ2v) is 14.2. The van der Waals surface area contributed by atoms with Crippen molar-refractivity contribution in [1.82, 2.24) is 9.80 Å². The second-order valence-electron chi connectivity index (χ2n) is 14.2. The summed E-state index contributed by atoms with van der Waals surface area (Å²) in [5.41, 5.74) is 1.63. The maximum absolute atomic E-state index is 14.5. The summed E-state index contributed by atoms with van der Waals surface area (Å²) in [6.07, 6.45) is 3.80. The van der Waals surface area contributed by atoms with Gasteiger partial charge in [-0.2, -0.15) is 0 Å². The van der Waals surface area contributed by atoms with Gasteiger partial charge >= 0.3 is 11.9 Å². The van der Waals surface area contributed by atoms with E-state index in [1.807, 2.05) is 109 Å². The average molecular weight is 703 g/mol. The minimum absolute atomic E-state index is 0.200. The number of hydrogen-bond donors (Lipinski definition) is 2. The zero-order chi connectivity index (χ0) is 36.2. The molecular formula is C42H42N2O8. The fourth-order valence-electron chi connectivity index (χ4n) is 7.10. The van der Waals surface area contributed by atoms with Crippen molar-refractivity contribution in [2.75, 3.05) is 13.1 Å². The van der Waals surface area contributed by atoms with Gasteiger partial charge in [-0.05, 0) is 97.2 Å². The molecule has 4 aromatic rings. The van der Waals surface area contributed by atoms with Crippen LogP contribution in [0.2, 0.25) is 0 Å². The number of ether oxygens (including phenoxy) is 2. The summed E-state index contributed by atoms with van der Waals surface area (Å²) in [6, 6.07) is 33.4. The van der Waals surface area contributed by atoms with E-state index in [1.54, 1.807) is 9.80 Å². The van der Waals surface area contributed by atoms with E-state index in [2.05, 4.69) is 0 Å². The van der Waals surface area contributed by atoms with Crippen LogP contribution in [-0.2, 0) is 32.3 Å². The third-order valence-corrected chi connectivity index (χ3v) is 10.2. The lowest BCUT2D eigenvalue weighted by Gasteiger charge is -2.48. The third kappa shape index (κ3) is 8.28. The van der Waals surface area contributed by atoms with Gasteiger partial charge in [0.1, 0.15) is 23.0 Å². The quantitative estimate of drug-likeness (QED) is 0.126. The molecule has 3 saturated carbocycles. The summed E-state index contributed by atoms with van der Waals surface area (Å²) in [4.78, 5) is 57.4. The highest BCUT2D eigenvalue weighted by molar-refractivity contribution is 5.99. The highest BCUT2D eigenvalue weighted by atomic mass is 16.5. The van der Waals surface area contributed by atoms with Crippen molar-refractivity contribution in [3.63, 3.8) is 0 Å². The Hall–Kier alpha value is -5.64. The topological polar surface area (TPSA) is 134 Å². The molecule has 4 aromatic carbocycles. The first-order chi connectivity index (χ1) is 25.2. The van der Waals surface area contributed by atoms with Gasteiger partial charge in [0.05, 0.1) is 23.7 Å². The van der Waals surface area contributed by atoms with Crippen molar-refractivity contribution in [3.05, 3.63) is 120 Å². The van der Waals surface area contributed by atoms with Crippen LogP contribution in [0.15, 0.2) is 109 Å². The van der Waals surface area contributed by atoms with Crippen LogP contribution < -0.4 is 9.47 Å². The summed E-state index contributed by atoms with van der Waals surface area (Å²) in [7, 11) is 0. The van der Waals surface area contributed by atoms with E-state index >= 15 is 0 Å². The molecule has 4 unspecified atom stereocenters. The molecule has 3 fully saturated rings. The first-order valence-electron chi connectivity index (χ1n) is 17.9. The predicted molar refractivity (Wildman–Crippen MR) is 191 cm³/mol. The molecule has 0 heterocycles. The van der Waals surface area contributed by atoms with Gasteiger partial charge in [0.25, 0.3) is 0 Å². The number of amides is 2. The fraction of sp³-hybridized carbons (Fsp3) is 0.333. The fourth-order valence-corrected chi connectivity index (χ4v) is 7.10. The van der Waals surface area contributed by atoms with Crippen molar-refractivity contribution in [2.45, 2.75) is 38.8 Å². The van der Waals surface area contributed by atoms with Crippen LogP contribution in [-0.4, -0.2) is 56.9 Å². The van der Waals surface area contributed by atoms with E-state index in [1.165, 1.54) is 0 Å². The zero-order valence-corrected chi connectivity index (χ0v) is 28.8. The monoisotopic (exact) mass is 702 g/mol. The molecule has 0 spiro atoms. The number of para-hydroxylation sites is 2. The van der Waals surface area contributed by atoms with E-state index in [0.717, 1.165) is 36.8 Å². The molecule has 2 amide bonds. The van der Waals surface area contributed by atoms with Gasteiger partial charge < -0.3 is 29.5 Å². The van der Waals surface area contributed by atoms with Crippen LogP contribution in [0.4, 0.5) is 0 Å². The summed E-state index contributed by atoms with van der Waals surface area (Å²) in [6.45, 7) is 1.22. The Morgan fingerprint density at radius 3 is 1.12 bits per heavy atom. The molecule has 0 aliphatic heterocycles. The number of carbonyl (C=O) groups is 4. The number of benzene rings is 4. The lowest BCUT2D eigenvalue weighted by atomic mass is 9.55. The molecule has 0 saturated heterocycles. The number of carboxylic acids is 2. The molecule has 2 N–H and O–H groups in total. The van der Waals surface area contributed by atoms with Crippen molar-refractivity contribution in [3.8, 4) is 23.0 Å². The smallest absolute Gasteiger partial charge is 0.308 e. The molecule has 0 aromatic heterocycles. The predicted octanol–water partition coefficient (Wildman–Crippen LogP) is 7.10. The van der Waals surface area contributed by atoms with Crippen LogP contribution >= 0.6 is 0 Å². The molecule has 4 atom stereocenters. The number of nitrogens with zero attached hydrogens (tertiary/aromatic N) is 2. The molecule has 0 bridgehead atoms. The molecule has 268 valence electrons. The maximum Gasteiger partial charge on any atom is 0.308 e. The number of aliphatic carboxylic acids is 2. The molecule has 10 nitrogen and oxygen atoms in total. The van der Waals surface area contributed by atoms with Gasteiger partial charge in [-0.15, -0.1) is 0 Å². The first-order valence-corrected chi connectivity index (χ1v) is 17.9. The SMILES string of the molecule is O=C(O)C1C(C(=O)O)C(C(=O)N(Cc2ccc(Oc3ccccc3)cc2)CC2CC2)C1C(=O)N(Cc1ccc(Oc2ccccc2)cc1)CC1CC1. The van der Waals surface area contributed by atoms with Gasteiger partial charge in [0, 0.05) is 26.2 Å². The van der Waals surface area contributed by atoms with Crippen molar-refractivity contribution in [1.29, 1.82) is 0 Å². The van der Waals surface area contributed by atoms with Crippen molar-refractivity contribution in [2.24, 2.45) is 35.5 Å². The molecule has 0 radical (unpaired) electrons. The molecule has 3 aliphatic rings. The highest BCUT2D eigenvalue weighted by Gasteiger charge is 2.65. The lowest BCUT2D eigenvalue weighted by Crippen LogP contribution is -2.64. The number of rotatable bonds is 16. The van der Waals surface area contributed by atoms with Crippen LogP contribution in [0.25, 0.3) is 0 Å². The number of carboxylic acid groups (broad SMARTS) is 2. The zero-order valence-electron chi connectivity index (χ0n) is 28.8. The first kappa shape index (κ1) is 34.8. The molecule has 7 rings (SSSR count). The summed E-state index contributed by atoms with van der Waals surface area (Å²) in [5.74, 6) is -6.18. The van der Waals surface area contributed by atoms with E-state index in [4.69, 9.17) is 9.47 Å². The van der Waals surface area contributed by atoms with E-state index < -0.39 is 47.4 Å². The lowest BCUT2D eigenvalue weighted by molar-refractivity contribution is -0.188. The Labute approximate surface area is 302 Å². The van der Waals surface area contributed by atoms with E-state index in [0.29, 0.717) is 36.1 Å². The van der Waals surface area contributed by atoms with Crippen LogP contribution in [0.5, 0.6) is 23.0 Å². The molecule has 10 heteroatoms. The summed E-state index contributed by atoms with van der Waals surface area (Å²) >= 11 is 0.